The van der Waals surface area contributed by atoms with Crippen LogP contribution in [-0.2, 0) is 0 Å². The van der Waals surface area contributed by atoms with E-state index in [2.05, 4.69) is 24.3 Å². The second kappa shape index (κ2) is 5.55. The van der Waals surface area contributed by atoms with Gasteiger partial charge in [-0.25, -0.2) is 0 Å². The molecule has 0 saturated carbocycles. The average molecular weight is 242 g/mol. The molecule has 86 valence electrons. The Labute approximate surface area is 104 Å². The maximum atomic E-state index is 5.14. The van der Waals surface area contributed by atoms with Crippen LogP contribution in [0, 0.1) is 0 Å². The number of ether oxygens (including phenoxy) is 2. The Balaban J connectivity index is 2.08. The summed E-state index contributed by atoms with van der Waals surface area (Å²) in [6, 6.07) is 16.4. The minimum absolute atomic E-state index is 0.661. The van der Waals surface area contributed by atoms with E-state index in [4.69, 9.17) is 9.47 Å². The molecule has 0 aromatic heterocycles. The van der Waals surface area contributed by atoms with E-state index in [1.54, 1.807) is 14.2 Å². The SMILES string of the molecule is COc1ccc([Si]c2ccc(OC)cc2)cc1. The van der Waals surface area contributed by atoms with Crippen LogP contribution < -0.4 is 19.8 Å². The Morgan fingerprint density at radius 2 is 1.00 bits per heavy atom. The van der Waals surface area contributed by atoms with Gasteiger partial charge in [0.2, 0.25) is 0 Å². The molecular weight excluding hydrogens is 228 g/mol. The largest absolute Gasteiger partial charge is 0.497 e. The minimum Gasteiger partial charge on any atom is -0.497 e. The molecular formula is C14H14O2Si. The fourth-order valence-corrected chi connectivity index (χ4v) is 2.52. The van der Waals surface area contributed by atoms with Gasteiger partial charge in [-0.05, 0) is 24.3 Å². The fourth-order valence-electron chi connectivity index (χ4n) is 1.52. The summed E-state index contributed by atoms with van der Waals surface area (Å²) in [5.74, 6) is 1.79. The summed E-state index contributed by atoms with van der Waals surface area (Å²) < 4.78 is 10.3. The van der Waals surface area contributed by atoms with Crippen LogP contribution in [0.1, 0.15) is 0 Å². The lowest BCUT2D eigenvalue weighted by molar-refractivity contribution is 0.415. The molecule has 3 heteroatoms. The Bertz CT molecular complexity index is 417. The van der Waals surface area contributed by atoms with Crippen LogP contribution >= 0.6 is 0 Å². The molecule has 0 unspecified atom stereocenters. The monoisotopic (exact) mass is 242 g/mol. The molecule has 0 aliphatic heterocycles. The average Bonchev–Trinajstić information content (AvgIpc) is 2.40. The van der Waals surface area contributed by atoms with Crippen molar-refractivity contribution in [1.82, 2.24) is 0 Å². The third kappa shape index (κ3) is 3.11. The molecule has 0 N–H and O–H groups in total. The Hall–Kier alpha value is -1.74. The number of hydrogen-bond acceptors (Lipinski definition) is 2. The molecule has 0 aliphatic carbocycles. The van der Waals surface area contributed by atoms with Crippen LogP contribution in [0.2, 0.25) is 0 Å². The van der Waals surface area contributed by atoms with Crippen LogP contribution in [-0.4, -0.2) is 23.7 Å². The van der Waals surface area contributed by atoms with E-state index in [0.29, 0.717) is 9.52 Å². The summed E-state index contributed by atoms with van der Waals surface area (Å²) in [5.41, 5.74) is 0. The molecule has 0 bridgehead atoms. The lowest BCUT2D eigenvalue weighted by Crippen LogP contribution is -2.26. The second-order valence-electron chi connectivity index (χ2n) is 3.58. The molecule has 0 amide bonds. The highest BCUT2D eigenvalue weighted by Gasteiger charge is 1.99. The van der Waals surface area contributed by atoms with Gasteiger partial charge in [0, 0.05) is 0 Å². The van der Waals surface area contributed by atoms with Crippen molar-refractivity contribution in [2.24, 2.45) is 0 Å². The summed E-state index contributed by atoms with van der Waals surface area (Å²) in [6.45, 7) is 0. The number of rotatable bonds is 4. The maximum absolute atomic E-state index is 5.14. The zero-order chi connectivity index (χ0) is 12.1. The highest BCUT2D eigenvalue weighted by molar-refractivity contribution is 6.67. The van der Waals surface area contributed by atoms with E-state index in [9.17, 15) is 0 Å². The first kappa shape index (κ1) is 11.7. The van der Waals surface area contributed by atoms with Gasteiger partial charge < -0.3 is 9.47 Å². The van der Waals surface area contributed by atoms with Gasteiger partial charge in [-0.3, -0.25) is 0 Å². The van der Waals surface area contributed by atoms with Crippen molar-refractivity contribution in [3.63, 3.8) is 0 Å². The Kier molecular flexibility index (Phi) is 3.83. The molecule has 0 aliphatic rings. The molecule has 2 aromatic carbocycles. The first-order valence-electron chi connectivity index (χ1n) is 5.37. The fraction of sp³-hybridized carbons (Fsp3) is 0.143. The Morgan fingerprint density at radius 1 is 0.647 bits per heavy atom. The summed E-state index contributed by atoms with van der Waals surface area (Å²) in [7, 11) is 4.02. The van der Waals surface area contributed by atoms with Crippen LogP contribution in [0.15, 0.2) is 48.5 Å². The van der Waals surface area contributed by atoms with Gasteiger partial charge in [-0.15, -0.1) is 0 Å². The first-order chi connectivity index (χ1) is 8.31. The molecule has 0 atom stereocenters. The van der Waals surface area contributed by atoms with Crippen molar-refractivity contribution in [3.05, 3.63) is 48.5 Å². The molecule has 0 fully saturated rings. The van der Waals surface area contributed by atoms with Crippen LogP contribution in [0.5, 0.6) is 11.5 Å². The minimum atomic E-state index is 0.661. The topological polar surface area (TPSA) is 18.5 Å². The van der Waals surface area contributed by atoms with Crippen molar-refractivity contribution in [3.8, 4) is 11.5 Å². The zero-order valence-corrected chi connectivity index (χ0v) is 10.9. The van der Waals surface area contributed by atoms with Crippen LogP contribution in [0.3, 0.4) is 0 Å². The van der Waals surface area contributed by atoms with Crippen LogP contribution in [0.4, 0.5) is 0 Å². The van der Waals surface area contributed by atoms with Crippen molar-refractivity contribution < 1.29 is 9.47 Å². The first-order valence-corrected chi connectivity index (χ1v) is 6.37. The molecule has 0 saturated heterocycles. The molecule has 0 spiro atoms. The van der Waals surface area contributed by atoms with Crippen molar-refractivity contribution >= 4 is 19.9 Å². The number of methoxy groups -OCH3 is 2. The van der Waals surface area contributed by atoms with E-state index in [1.807, 2.05) is 24.3 Å². The standard InChI is InChI=1S/C14H14O2Si/c1-15-11-3-7-13(8-4-11)17-14-9-5-12(16-2)6-10-14/h3-10H,1-2H3. The summed E-state index contributed by atoms with van der Waals surface area (Å²) in [5, 5.41) is 2.60. The highest BCUT2D eigenvalue weighted by atomic mass is 28.2. The van der Waals surface area contributed by atoms with Crippen molar-refractivity contribution in [2.45, 2.75) is 0 Å². The van der Waals surface area contributed by atoms with Gasteiger partial charge in [0.25, 0.3) is 0 Å². The van der Waals surface area contributed by atoms with E-state index >= 15 is 0 Å². The summed E-state index contributed by atoms with van der Waals surface area (Å²) in [4.78, 5) is 0. The second-order valence-corrected chi connectivity index (χ2v) is 4.99. The van der Waals surface area contributed by atoms with Gasteiger partial charge in [-0.2, -0.15) is 0 Å². The van der Waals surface area contributed by atoms with E-state index in [0.717, 1.165) is 11.5 Å². The number of benzene rings is 2. The third-order valence-corrected chi connectivity index (χ3v) is 3.71. The van der Waals surface area contributed by atoms with Gasteiger partial charge in [0.1, 0.15) is 21.0 Å². The molecule has 2 aromatic rings. The zero-order valence-electron chi connectivity index (χ0n) is 9.94. The van der Waals surface area contributed by atoms with E-state index in [1.165, 1.54) is 10.4 Å². The van der Waals surface area contributed by atoms with E-state index < -0.39 is 0 Å². The van der Waals surface area contributed by atoms with Gasteiger partial charge in [0.15, 0.2) is 0 Å². The predicted molar refractivity (Wildman–Crippen MR) is 71.0 cm³/mol. The lowest BCUT2D eigenvalue weighted by Gasteiger charge is -2.04. The quantitative estimate of drug-likeness (QED) is 0.754. The van der Waals surface area contributed by atoms with Crippen molar-refractivity contribution in [2.75, 3.05) is 14.2 Å². The van der Waals surface area contributed by atoms with Gasteiger partial charge >= 0.3 is 0 Å². The van der Waals surface area contributed by atoms with Gasteiger partial charge in [0.05, 0.1) is 14.2 Å². The number of hydrogen-bond donors (Lipinski definition) is 0. The molecule has 2 nitrogen and oxygen atoms in total. The Morgan fingerprint density at radius 3 is 1.29 bits per heavy atom. The lowest BCUT2D eigenvalue weighted by atomic mass is 10.3. The summed E-state index contributed by atoms with van der Waals surface area (Å²) >= 11 is 0. The normalized spacial score (nSPS) is 10.0. The van der Waals surface area contributed by atoms with E-state index in [-0.39, 0.29) is 0 Å². The molecule has 2 radical (unpaired) electrons. The summed E-state index contributed by atoms with van der Waals surface area (Å²) in [6.07, 6.45) is 0. The third-order valence-electron chi connectivity index (χ3n) is 2.47. The predicted octanol–water partition coefficient (Wildman–Crippen LogP) is 1.36. The molecule has 2 rings (SSSR count). The van der Waals surface area contributed by atoms with Crippen molar-refractivity contribution in [1.29, 1.82) is 0 Å². The van der Waals surface area contributed by atoms with Gasteiger partial charge in [-0.1, -0.05) is 34.6 Å². The maximum Gasteiger partial charge on any atom is 0.121 e. The smallest absolute Gasteiger partial charge is 0.121 e. The molecule has 0 heterocycles. The molecule has 17 heavy (non-hydrogen) atoms. The highest BCUT2D eigenvalue weighted by Crippen LogP contribution is 2.06. The van der Waals surface area contributed by atoms with Crippen LogP contribution in [0.25, 0.3) is 0 Å².